The van der Waals surface area contributed by atoms with Crippen molar-refractivity contribution in [3.63, 3.8) is 0 Å². The van der Waals surface area contributed by atoms with Crippen LogP contribution in [0.3, 0.4) is 0 Å². The van der Waals surface area contributed by atoms with Gasteiger partial charge in [0.1, 0.15) is 5.82 Å². The highest BCUT2D eigenvalue weighted by molar-refractivity contribution is 5.76. The van der Waals surface area contributed by atoms with Gasteiger partial charge < -0.3 is 4.57 Å². The van der Waals surface area contributed by atoms with Crippen LogP contribution in [-0.4, -0.2) is 9.55 Å². The lowest BCUT2D eigenvalue weighted by Gasteiger charge is -2.20. The highest BCUT2D eigenvalue weighted by Gasteiger charge is 2.23. The quantitative estimate of drug-likeness (QED) is 0.191. The average molecular weight is 439 g/mol. The summed E-state index contributed by atoms with van der Waals surface area (Å²) in [6.07, 6.45) is 12.1. The molecule has 4 rings (SSSR count). The molecule has 0 aliphatic rings. The normalized spacial score (nSPS) is 11.5. The Labute approximate surface area is 199 Å². The molecule has 172 valence electrons. The Morgan fingerprint density at radius 3 is 1.73 bits per heavy atom. The van der Waals surface area contributed by atoms with E-state index in [-0.39, 0.29) is 5.92 Å². The SMILES string of the molecule is CCCCCCCCCCCn1c(C(c2ccccc2)c2ccccc2)nc2ccccc21. The minimum atomic E-state index is 0.137. The highest BCUT2D eigenvalue weighted by atomic mass is 15.1. The summed E-state index contributed by atoms with van der Waals surface area (Å²) in [7, 11) is 0. The van der Waals surface area contributed by atoms with Gasteiger partial charge in [0.2, 0.25) is 0 Å². The number of fused-ring (bicyclic) bond motifs is 1. The Balaban J connectivity index is 1.54. The van der Waals surface area contributed by atoms with Crippen LogP contribution in [0.1, 0.15) is 87.6 Å². The predicted molar refractivity (Wildman–Crippen MR) is 141 cm³/mol. The summed E-state index contributed by atoms with van der Waals surface area (Å²) < 4.78 is 2.49. The third-order valence-electron chi connectivity index (χ3n) is 6.69. The Hall–Kier alpha value is -2.87. The molecule has 2 nitrogen and oxygen atoms in total. The molecule has 33 heavy (non-hydrogen) atoms. The minimum absolute atomic E-state index is 0.137. The second-order valence-corrected chi connectivity index (χ2v) is 9.19. The second kappa shape index (κ2) is 12.4. The van der Waals surface area contributed by atoms with Gasteiger partial charge >= 0.3 is 0 Å². The summed E-state index contributed by atoms with van der Waals surface area (Å²) >= 11 is 0. The first-order valence-corrected chi connectivity index (χ1v) is 12.9. The standard InChI is InChI=1S/C31H38N2/c1-2-3-4-5-6-7-8-9-18-25-33-29-24-17-16-23-28(29)32-31(33)30(26-19-12-10-13-20-26)27-21-14-11-15-22-27/h10-17,19-24,30H,2-9,18,25H2,1H3. The number of hydrogen-bond acceptors (Lipinski definition) is 1. The van der Waals surface area contributed by atoms with Crippen LogP contribution in [0.2, 0.25) is 0 Å². The van der Waals surface area contributed by atoms with Gasteiger partial charge in [-0.05, 0) is 29.7 Å². The van der Waals surface area contributed by atoms with Crippen molar-refractivity contribution < 1.29 is 0 Å². The molecule has 0 saturated heterocycles. The van der Waals surface area contributed by atoms with Crippen molar-refractivity contribution >= 4 is 11.0 Å². The van der Waals surface area contributed by atoms with Crippen LogP contribution in [0.25, 0.3) is 11.0 Å². The predicted octanol–water partition coefficient (Wildman–Crippen LogP) is 8.75. The van der Waals surface area contributed by atoms with Gasteiger partial charge in [0, 0.05) is 6.54 Å². The maximum Gasteiger partial charge on any atom is 0.121 e. The number of rotatable bonds is 13. The summed E-state index contributed by atoms with van der Waals surface area (Å²) in [6, 6.07) is 30.3. The van der Waals surface area contributed by atoms with E-state index in [4.69, 9.17) is 4.98 Å². The van der Waals surface area contributed by atoms with E-state index >= 15 is 0 Å². The highest BCUT2D eigenvalue weighted by Crippen LogP contribution is 2.33. The molecule has 1 heterocycles. The molecule has 3 aromatic carbocycles. The summed E-state index contributed by atoms with van der Waals surface area (Å²) in [5.74, 6) is 1.30. The minimum Gasteiger partial charge on any atom is -0.327 e. The van der Waals surface area contributed by atoms with Gasteiger partial charge in [0.15, 0.2) is 0 Å². The van der Waals surface area contributed by atoms with E-state index in [9.17, 15) is 0 Å². The van der Waals surface area contributed by atoms with E-state index in [2.05, 4.69) is 96.4 Å². The van der Waals surface area contributed by atoms with Crippen LogP contribution in [0.15, 0.2) is 84.9 Å². The molecule has 4 aromatic rings. The molecule has 0 N–H and O–H groups in total. The Morgan fingerprint density at radius 2 is 1.12 bits per heavy atom. The number of aromatic nitrogens is 2. The van der Waals surface area contributed by atoms with Gasteiger partial charge in [0.05, 0.1) is 17.0 Å². The number of imidazole rings is 1. The zero-order chi connectivity index (χ0) is 22.7. The molecule has 0 unspecified atom stereocenters. The zero-order valence-electron chi connectivity index (χ0n) is 20.1. The van der Waals surface area contributed by atoms with Gasteiger partial charge in [-0.15, -0.1) is 0 Å². The van der Waals surface area contributed by atoms with Gasteiger partial charge in [-0.3, -0.25) is 0 Å². The molecule has 0 aliphatic heterocycles. The van der Waals surface area contributed by atoms with Crippen LogP contribution in [0.5, 0.6) is 0 Å². The lowest BCUT2D eigenvalue weighted by Crippen LogP contribution is -2.12. The number of nitrogens with zero attached hydrogens (tertiary/aromatic N) is 2. The number of hydrogen-bond donors (Lipinski definition) is 0. The van der Waals surface area contributed by atoms with E-state index in [0.29, 0.717) is 0 Å². The summed E-state index contributed by atoms with van der Waals surface area (Å²) in [5.41, 5.74) is 4.95. The Kier molecular flexibility index (Phi) is 8.75. The van der Waals surface area contributed by atoms with Crippen LogP contribution >= 0.6 is 0 Å². The van der Waals surface area contributed by atoms with Crippen LogP contribution in [-0.2, 0) is 6.54 Å². The Bertz CT molecular complexity index is 1040. The first-order valence-electron chi connectivity index (χ1n) is 12.9. The number of benzene rings is 3. The molecular weight excluding hydrogens is 400 g/mol. The molecule has 0 radical (unpaired) electrons. The van der Waals surface area contributed by atoms with Crippen LogP contribution in [0.4, 0.5) is 0 Å². The van der Waals surface area contributed by atoms with Crippen molar-refractivity contribution in [3.05, 3.63) is 102 Å². The third-order valence-corrected chi connectivity index (χ3v) is 6.69. The smallest absolute Gasteiger partial charge is 0.121 e. The average Bonchev–Trinajstić information content (AvgIpc) is 3.22. The van der Waals surface area contributed by atoms with Crippen molar-refractivity contribution in [1.29, 1.82) is 0 Å². The van der Waals surface area contributed by atoms with Crippen LogP contribution < -0.4 is 0 Å². The fourth-order valence-electron chi connectivity index (χ4n) is 4.91. The van der Waals surface area contributed by atoms with Gasteiger partial charge in [-0.2, -0.15) is 0 Å². The van der Waals surface area contributed by atoms with Gasteiger partial charge in [-0.1, -0.05) is 131 Å². The largest absolute Gasteiger partial charge is 0.327 e. The Morgan fingerprint density at radius 1 is 0.606 bits per heavy atom. The third kappa shape index (κ3) is 6.13. The van der Waals surface area contributed by atoms with Gasteiger partial charge in [0.25, 0.3) is 0 Å². The number of para-hydroxylation sites is 2. The van der Waals surface area contributed by atoms with E-state index < -0.39 is 0 Å². The maximum atomic E-state index is 5.19. The van der Waals surface area contributed by atoms with Crippen molar-refractivity contribution in [2.24, 2.45) is 0 Å². The lowest BCUT2D eigenvalue weighted by atomic mass is 9.90. The van der Waals surface area contributed by atoms with Gasteiger partial charge in [-0.25, -0.2) is 4.98 Å². The summed E-state index contributed by atoms with van der Waals surface area (Å²) in [5, 5.41) is 0. The molecule has 0 amide bonds. The van der Waals surface area contributed by atoms with Crippen molar-refractivity contribution in [3.8, 4) is 0 Å². The first kappa shape index (κ1) is 23.3. The maximum absolute atomic E-state index is 5.19. The second-order valence-electron chi connectivity index (χ2n) is 9.19. The summed E-state index contributed by atoms with van der Waals surface area (Å²) in [6.45, 7) is 3.32. The van der Waals surface area contributed by atoms with Crippen molar-refractivity contribution in [2.75, 3.05) is 0 Å². The molecule has 0 atom stereocenters. The molecule has 0 aliphatic carbocycles. The monoisotopic (exact) mass is 438 g/mol. The van der Waals surface area contributed by atoms with Crippen molar-refractivity contribution in [1.82, 2.24) is 9.55 Å². The number of unbranched alkanes of at least 4 members (excludes halogenated alkanes) is 8. The van der Waals surface area contributed by atoms with Crippen molar-refractivity contribution in [2.45, 2.75) is 77.2 Å². The van der Waals surface area contributed by atoms with Crippen LogP contribution in [0, 0.1) is 0 Å². The molecule has 1 aromatic heterocycles. The first-order chi connectivity index (χ1) is 16.4. The lowest BCUT2D eigenvalue weighted by molar-refractivity contribution is 0.534. The zero-order valence-corrected chi connectivity index (χ0v) is 20.1. The molecule has 2 heteroatoms. The molecular formula is C31H38N2. The van der Waals surface area contributed by atoms with E-state index in [1.54, 1.807) is 0 Å². The fraction of sp³-hybridized carbons (Fsp3) is 0.387. The molecule has 0 fully saturated rings. The molecule has 0 spiro atoms. The number of aryl methyl sites for hydroxylation is 1. The van der Waals surface area contributed by atoms with E-state index in [0.717, 1.165) is 17.9 Å². The van der Waals surface area contributed by atoms with E-state index in [1.807, 2.05) is 0 Å². The fourth-order valence-corrected chi connectivity index (χ4v) is 4.91. The topological polar surface area (TPSA) is 17.8 Å². The summed E-state index contributed by atoms with van der Waals surface area (Å²) in [4.78, 5) is 5.19. The molecule has 0 bridgehead atoms. The molecule has 0 saturated carbocycles. The van der Waals surface area contributed by atoms with E-state index in [1.165, 1.54) is 74.4 Å².